The Morgan fingerprint density at radius 3 is 1.77 bits per heavy atom. The van der Waals surface area contributed by atoms with Gasteiger partial charge in [0.25, 0.3) is 29.2 Å². The molecule has 0 saturated carbocycles. The van der Waals surface area contributed by atoms with Crippen LogP contribution in [0, 0.1) is 12.3 Å². The highest BCUT2D eigenvalue weighted by Gasteiger charge is 2.60. The van der Waals surface area contributed by atoms with E-state index in [4.69, 9.17) is 6.42 Å². The molecule has 1 saturated heterocycles. The summed E-state index contributed by atoms with van der Waals surface area (Å²) in [6.07, 6.45) is 5.27. The summed E-state index contributed by atoms with van der Waals surface area (Å²) in [5.41, 5.74) is -2.49. The van der Waals surface area contributed by atoms with Crippen molar-refractivity contribution in [2.75, 3.05) is 0 Å². The largest absolute Gasteiger partial charge is 0.328 e. The normalized spacial score (nSPS) is 19.4. The molecule has 8 nitrogen and oxygen atoms in total. The van der Waals surface area contributed by atoms with Crippen LogP contribution in [0.25, 0.3) is 0 Å². The molecule has 22 heavy (non-hydrogen) atoms. The molecule has 6 amide bonds. The van der Waals surface area contributed by atoms with E-state index in [-0.39, 0.29) is 11.1 Å². The number of barbiturate groups is 1. The van der Waals surface area contributed by atoms with E-state index in [1.165, 1.54) is 24.3 Å². The number of nitrogens with one attached hydrogen (secondary N) is 2. The van der Waals surface area contributed by atoms with Crippen LogP contribution in [-0.2, 0) is 9.59 Å². The van der Waals surface area contributed by atoms with Crippen LogP contribution in [0.3, 0.4) is 0 Å². The third kappa shape index (κ3) is 1.44. The number of terminal acetylenes is 1. The van der Waals surface area contributed by atoms with Crippen molar-refractivity contribution in [2.24, 2.45) is 0 Å². The lowest BCUT2D eigenvalue weighted by Crippen LogP contribution is -2.73. The zero-order valence-corrected chi connectivity index (χ0v) is 10.9. The second-order valence-corrected chi connectivity index (χ2v) is 4.58. The second-order valence-electron chi connectivity index (χ2n) is 4.58. The first kappa shape index (κ1) is 13.5. The van der Waals surface area contributed by atoms with Gasteiger partial charge in [0.2, 0.25) is 0 Å². The number of urea groups is 1. The van der Waals surface area contributed by atoms with Crippen molar-refractivity contribution in [1.29, 1.82) is 0 Å². The van der Waals surface area contributed by atoms with Crippen LogP contribution in [0.15, 0.2) is 24.3 Å². The van der Waals surface area contributed by atoms with Crippen molar-refractivity contribution < 1.29 is 24.0 Å². The number of benzene rings is 1. The van der Waals surface area contributed by atoms with E-state index in [9.17, 15) is 24.0 Å². The quantitative estimate of drug-likeness (QED) is 0.393. The first-order valence-corrected chi connectivity index (χ1v) is 6.06. The van der Waals surface area contributed by atoms with Crippen LogP contribution in [0.1, 0.15) is 20.7 Å². The Labute approximate surface area is 123 Å². The molecule has 0 unspecified atom stereocenters. The van der Waals surface area contributed by atoms with E-state index in [0.29, 0.717) is 4.90 Å². The van der Waals surface area contributed by atoms with Gasteiger partial charge in [0, 0.05) is 0 Å². The number of rotatable bonds is 1. The van der Waals surface area contributed by atoms with Gasteiger partial charge in [-0.05, 0) is 12.1 Å². The Morgan fingerprint density at radius 2 is 1.36 bits per heavy atom. The van der Waals surface area contributed by atoms with E-state index < -0.39 is 35.2 Å². The Morgan fingerprint density at radius 1 is 0.909 bits per heavy atom. The van der Waals surface area contributed by atoms with Crippen LogP contribution in [0.5, 0.6) is 0 Å². The number of imide groups is 3. The number of hydrogen-bond donors (Lipinski definition) is 2. The summed E-state index contributed by atoms with van der Waals surface area (Å²) in [5, 5.41) is 3.60. The molecule has 0 spiro atoms. The molecule has 0 radical (unpaired) electrons. The van der Waals surface area contributed by atoms with Gasteiger partial charge in [-0.25, -0.2) is 9.69 Å². The standard InChI is InChI=1S/C14H7N3O5/c1-2-14(11(20)15-13(22)16-12(14)21)17-9(18)7-5-3-4-6-8(7)10(17)19/h1,3-6H,(H2,15,16,20,21,22). The SMILES string of the molecule is C#CC1(N2C(=O)c3ccccc3C2=O)C(=O)NC(=O)NC1=O. The topological polar surface area (TPSA) is 113 Å². The van der Waals surface area contributed by atoms with E-state index >= 15 is 0 Å². The second kappa shape index (κ2) is 4.26. The van der Waals surface area contributed by atoms with Gasteiger partial charge in [-0.3, -0.25) is 29.8 Å². The Bertz CT molecular complexity index is 765. The van der Waals surface area contributed by atoms with Crippen LogP contribution >= 0.6 is 0 Å². The van der Waals surface area contributed by atoms with E-state index in [1.54, 1.807) is 10.6 Å². The van der Waals surface area contributed by atoms with Gasteiger partial charge < -0.3 is 0 Å². The van der Waals surface area contributed by atoms with Crippen LogP contribution in [0.4, 0.5) is 4.79 Å². The summed E-state index contributed by atoms with van der Waals surface area (Å²) in [6, 6.07) is 4.74. The molecule has 1 aromatic rings. The van der Waals surface area contributed by atoms with Gasteiger partial charge in [0.05, 0.1) is 11.1 Å². The minimum absolute atomic E-state index is 0.0274. The minimum atomic E-state index is -2.54. The van der Waals surface area contributed by atoms with Gasteiger partial charge >= 0.3 is 6.03 Å². The molecular weight excluding hydrogens is 290 g/mol. The summed E-state index contributed by atoms with van der Waals surface area (Å²) in [7, 11) is 0. The summed E-state index contributed by atoms with van der Waals surface area (Å²) in [4.78, 5) is 60.6. The zero-order valence-electron chi connectivity index (χ0n) is 10.9. The maximum atomic E-state index is 12.4. The van der Waals surface area contributed by atoms with Gasteiger partial charge in [0.1, 0.15) is 0 Å². The zero-order chi connectivity index (χ0) is 16.1. The highest BCUT2D eigenvalue weighted by Crippen LogP contribution is 2.30. The first-order valence-electron chi connectivity index (χ1n) is 6.06. The molecule has 3 rings (SSSR count). The predicted molar refractivity (Wildman–Crippen MR) is 70.2 cm³/mol. The molecule has 8 heteroatoms. The van der Waals surface area contributed by atoms with E-state index in [1.807, 2.05) is 5.92 Å². The van der Waals surface area contributed by atoms with Crippen LogP contribution < -0.4 is 10.6 Å². The summed E-state index contributed by atoms with van der Waals surface area (Å²) >= 11 is 0. The number of hydrogen-bond acceptors (Lipinski definition) is 5. The Balaban J connectivity index is 2.18. The van der Waals surface area contributed by atoms with E-state index in [0.717, 1.165) is 0 Å². The molecule has 0 atom stereocenters. The van der Waals surface area contributed by atoms with Gasteiger partial charge in [0.15, 0.2) is 0 Å². The lowest BCUT2D eigenvalue weighted by atomic mass is 9.94. The number of nitrogens with zero attached hydrogens (tertiary/aromatic N) is 1. The van der Waals surface area contributed by atoms with Crippen molar-refractivity contribution >= 4 is 29.7 Å². The average molecular weight is 297 g/mol. The maximum Gasteiger partial charge on any atom is 0.328 e. The lowest BCUT2D eigenvalue weighted by molar-refractivity contribution is -0.140. The smallest absolute Gasteiger partial charge is 0.274 e. The fourth-order valence-corrected chi connectivity index (χ4v) is 2.41. The van der Waals surface area contributed by atoms with Crippen LogP contribution in [-0.4, -0.2) is 40.1 Å². The molecular formula is C14H7N3O5. The van der Waals surface area contributed by atoms with Crippen molar-refractivity contribution in [3.63, 3.8) is 0 Å². The molecule has 1 aromatic carbocycles. The Kier molecular flexibility index (Phi) is 2.62. The molecule has 1 fully saturated rings. The molecule has 0 bridgehead atoms. The molecule has 0 aliphatic carbocycles. The molecule has 2 N–H and O–H groups in total. The number of amides is 6. The van der Waals surface area contributed by atoms with Crippen molar-refractivity contribution in [3.8, 4) is 12.3 Å². The van der Waals surface area contributed by atoms with Gasteiger partial charge in [-0.1, -0.05) is 18.1 Å². The van der Waals surface area contributed by atoms with E-state index in [2.05, 4.69) is 0 Å². The third-order valence-electron chi connectivity index (χ3n) is 3.45. The molecule has 108 valence electrons. The average Bonchev–Trinajstić information content (AvgIpc) is 2.73. The van der Waals surface area contributed by atoms with Gasteiger partial charge in [-0.15, -0.1) is 6.42 Å². The number of carbonyl (C=O) groups is 5. The summed E-state index contributed by atoms with van der Waals surface area (Å²) < 4.78 is 0. The highest BCUT2D eigenvalue weighted by molar-refractivity contribution is 6.32. The maximum absolute atomic E-state index is 12.4. The molecule has 2 aliphatic rings. The van der Waals surface area contributed by atoms with Crippen molar-refractivity contribution in [2.45, 2.75) is 5.54 Å². The first-order chi connectivity index (χ1) is 10.4. The monoisotopic (exact) mass is 297 g/mol. The predicted octanol–water partition coefficient (Wildman–Crippen LogP) is -0.979. The summed E-state index contributed by atoms with van der Waals surface area (Å²) in [6.45, 7) is 0. The van der Waals surface area contributed by atoms with Gasteiger partial charge in [-0.2, -0.15) is 0 Å². The fraction of sp³-hybridized carbons (Fsp3) is 0.0714. The van der Waals surface area contributed by atoms with Crippen LogP contribution in [0.2, 0.25) is 0 Å². The van der Waals surface area contributed by atoms with Crippen molar-refractivity contribution in [3.05, 3.63) is 35.4 Å². The lowest BCUT2D eigenvalue weighted by Gasteiger charge is -2.35. The number of carbonyl (C=O) groups excluding carboxylic acids is 5. The third-order valence-corrected chi connectivity index (χ3v) is 3.45. The molecule has 2 heterocycles. The fourth-order valence-electron chi connectivity index (χ4n) is 2.41. The summed E-state index contributed by atoms with van der Waals surface area (Å²) in [5.74, 6) is -2.32. The number of fused-ring (bicyclic) bond motifs is 1. The minimum Gasteiger partial charge on any atom is -0.274 e. The Hall–Kier alpha value is -3.47. The van der Waals surface area contributed by atoms with Crippen molar-refractivity contribution in [1.82, 2.24) is 15.5 Å². The molecule has 0 aromatic heterocycles. The molecule has 2 aliphatic heterocycles. The highest BCUT2D eigenvalue weighted by atomic mass is 16.2.